The number of nitrogens with one attached hydrogen (secondary N) is 1. The summed E-state index contributed by atoms with van der Waals surface area (Å²) in [5.41, 5.74) is 1.03. The Balaban J connectivity index is 1.06. The lowest BCUT2D eigenvalue weighted by molar-refractivity contribution is -0.140. The molecule has 6 nitrogen and oxygen atoms in total. The lowest BCUT2D eigenvalue weighted by atomic mass is 9.49. The van der Waals surface area contributed by atoms with E-state index in [1.807, 2.05) is 35.2 Å². The molecule has 2 amide bonds. The molecule has 6 aliphatic rings. The minimum atomic E-state index is -0.382. The molecule has 4 aliphatic carbocycles. The van der Waals surface area contributed by atoms with Gasteiger partial charge in [0.1, 0.15) is 6.61 Å². The first-order chi connectivity index (χ1) is 17.0. The summed E-state index contributed by atoms with van der Waals surface area (Å²) in [5.74, 6) is 2.53. The average molecular weight is 480 g/mol. The third-order valence-electron chi connectivity index (χ3n) is 10.1. The largest absolute Gasteiger partial charge is 0.387 e. The maximum absolute atomic E-state index is 12.8. The number of nitrogens with zero attached hydrogens (tertiary/aromatic N) is 2. The molecule has 2 N–H and O–H groups in total. The zero-order chi connectivity index (χ0) is 24.0. The number of aliphatic hydroxyl groups excluding tert-OH is 1. The first-order valence-electron chi connectivity index (χ1n) is 14.0. The molecule has 0 aromatic heterocycles. The van der Waals surface area contributed by atoms with Gasteiger partial charge in [0.25, 0.3) is 5.91 Å². The smallest absolute Gasteiger partial charge is 0.251 e. The summed E-state index contributed by atoms with van der Waals surface area (Å²) >= 11 is 0. The van der Waals surface area contributed by atoms with Gasteiger partial charge in [-0.1, -0.05) is 18.2 Å². The van der Waals surface area contributed by atoms with Gasteiger partial charge in [-0.3, -0.25) is 14.5 Å². The molecule has 2 saturated heterocycles. The second kappa shape index (κ2) is 9.51. The number of rotatable bonds is 8. The van der Waals surface area contributed by atoms with Crippen LogP contribution in [0.4, 0.5) is 0 Å². The van der Waals surface area contributed by atoms with Gasteiger partial charge in [0.15, 0.2) is 0 Å². The molecule has 2 aliphatic heterocycles. The Labute approximate surface area is 209 Å². The van der Waals surface area contributed by atoms with E-state index in [0.29, 0.717) is 17.5 Å². The third kappa shape index (κ3) is 4.76. The van der Waals surface area contributed by atoms with Crippen LogP contribution >= 0.6 is 0 Å². The highest BCUT2D eigenvalue weighted by molar-refractivity contribution is 5.94. The molecule has 1 aromatic rings. The topological polar surface area (TPSA) is 72.9 Å². The second-order valence-electron chi connectivity index (χ2n) is 12.5. The van der Waals surface area contributed by atoms with E-state index >= 15 is 0 Å². The Morgan fingerprint density at radius 2 is 1.54 bits per heavy atom. The van der Waals surface area contributed by atoms with E-state index in [9.17, 15) is 14.7 Å². The van der Waals surface area contributed by atoms with Crippen LogP contribution in [0.5, 0.6) is 0 Å². The third-order valence-corrected chi connectivity index (χ3v) is 10.1. The van der Waals surface area contributed by atoms with Crippen molar-refractivity contribution in [3.8, 4) is 0 Å². The highest BCUT2D eigenvalue weighted by atomic mass is 16.3. The second-order valence-corrected chi connectivity index (χ2v) is 12.5. The number of amides is 2. The fourth-order valence-corrected chi connectivity index (χ4v) is 9.13. The van der Waals surface area contributed by atoms with Gasteiger partial charge in [0, 0.05) is 43.3 Å². The molecule has 0 radical (unpaired) electrons. The number of fused-ring (bicyclic) bond motifs is 2. The molecular weight excluding hydrogens is 438 g/mol. The fraction of sp³-hybridized carbons (Fsp3) is 0.724. The highest BCUT2D eigenvalue weighted by Gasteiger charge is 2.51. The minimum Gasteiger partial charge on any atom is -0.387 e. The van der Waals surface area contributed by atoms with E-state index in [-0.39, 0.29) is 24.5 Å². The van der Waals surface area contributed by atoms with Gasteiger partial charge in [-0.15, -0.1) is 0 Å². The molecule has 1 aromatic carbocycles. The summed E-state index contributed by atoms with van der Waals surface area (Å²) in [7, 11) is 0. The van der Waals surface area contributed by atoms with Crippen LogP contribution in [0.3, 0.4) is 0 Å². The molecule has 35 heavy (non-hydrogen) atoms. The van der Waals surface area contributed by atoms with Gasteiger partial charge in [-0.25, -0.2) is 0 Å². The normalized spacial score (nSPS) is 37.4. The Hall–Kier alpha value is -1.92. The number of aliphatic hydroxyl groups is 1. The predicted octanol–water partition coefficient (Wildman–Crippen LogP) is 3.45. The average Bonchev–Trinajstić information content (AvgIpc) is 3.08. The zero-order valence-corrected chi connectivity index (χ0v) is 20.9. The van der Waals surface area contributed by atoms with Crippen molar-refractivity contribution in [2.45, 2.75) is 82.3 Å². The maximum atomic E-state index is 12.8. The Kier molecular flexibility index (Phi) is 6.38. The molecule has 2 atom stereocenters. The van der Waals surface area contributed by atoms with Gasteiger partial charge in [-0.2, -0.15) is 0 Å². The van der Waals surface area contributed by atoms with Crippen LogP contribution < -0.4 is 5.32 Å². The number of carbonyl (C=O) groups is 2. The Bertz CT molecular complexity index is 885. The first kappa shape index (κ1) is 23.5. The first-order valence-corrected chi connectivity index (χ1v) is 14.0. The van der Waals surface area contributed by atoms with E-state index in [0.717, 1.165) is 55.8 Å². The summed E-state index contributed by atoms with van der Waals surface area (Å²) in [4.78, 5) is 30.1. The molecule has 7 rings (SSSR count). The van der Waals surface area contributed by atoms with Gasteiger partial charge < -0.3 is 15.3 Å². The van der Waals surface area contributed by atoms with E-state index in [1.54, 1.807) is 0 Å². The van der Waals surface area contributed by atoms with Crippen molar-refractivity contribution in [2.24, 2.45) is 23.2 Å². The molecule has 6 bridgehead atoms. The summed E-state index contributed by atoms with van der Waals surface area (Å²) < 4.78 is 0. The maximum Gasteiger partial charge on any atom is 0.251 e. The fourth-order valence-electron chi connectivity index (χ4n) is 9.13. The summed E-state index contributed by atoms with van der Waals surface area (Å²) in [6, 6.07) is 10.7. The van der Waals surface area contributed by atoms with Crippen LogP contribution in [0, 0.1) is 23.2 Å². The van der Waals surface area contributed by atoms with E-state index < -0.39 is 0 Å². The standard InChI is InChI=1S/C29H41N3O3/c33-18-27(34)31(19-29-15-20-10-21(16-29)12-22(11-20)17-29)8-9-32-25-6-7-26(32)14-24(13-25)30-28(35)23-4-2-1-3-5-23/h1-5,20-22,24-26,33H,6-19H2,(H,30,35). The van der Waals surface area contributed by atoms with E-state index in [4.69, 9.17) is 0 Å². The van der Waals surface area contributed by atoms with E-state index in [1.165, 1.54) is 51.4 Å². The van der Waals surface area contributed by atoms with Crippen molar-refractivity contribution in [2.75, 3.05) is 26.2 Å². The summed E-state index contributed by atoms with van der Waals surface area (Å²) in [5, 5.41) is 13.0. The predicted molar refractivity (Wildman–Crippen MR) is 135 cm³/mol. The molecule has 2 heterocycles. The van der Waals surface area contributed by atoms with Crippen LogP contribution in [-0.4, -0.2) is 71.1 Å². The molecule has 4 saturated carbocycles. The molecule has 6 heteroatoms. The monoisotopic (exact) mass is 479 g/mol. The van der Waals surface area contributed by atoms with Crippen LogP contribution in [0.2, 0.25) is 0 Å². The van der Waals surface area contributed by atoms with Gasteiger partial charge in [0.05, 0.1) is 0 Å². The molecule has 2 unspecified atom stereocenters. The van der Waals surface area contributed by atoms with Gasteiger partial charge in [-0.05, 0) is 99.5 Å². The van der Waals surface area contributed by atoms with Crippen LogP contribution in [0.25, 0.3) is 0 Å². The van der Waals surface area contributed by atoms with Crippen molar-refractivity contribution >= 4 is 11.8 Å². The Morgan fingerprint density at radius 1 is 0.943 bits per heavy atom. The van der Waals surface area contributed by atoms with Crippen molar-refractivity contribution in [1.29, 1.82) is 0 Å². The number of carbonyl (C=O) groups excluding carboxylic acids is 2. The molecular formula is C29H41N3O3. The van der Waals surface area contributed by atoms with Crippen LogP contribution in [0.1, 0.15) is 74.6 Å². The summed E-state index contributed by atoms with van der Waals surface area (Å²) in [6.07, 6.45) is 12.4. The van der Waals surface area contributed by atoms with Crippen LogP contribution in [0.15, 0.2) is 30.3 Å². The minimum absolute atomic E-state index is 0.0266. The highest BCUT2D eigenvalue weighted by Crippen LogP contribution is 2.60. The summed E-state index contributed by atoms with van der Waals surface area (Å²) in [6.45, 7) is 2.06. The molecule has 190 valence electrons. The van der Waals surface area contributed by atoms with Crippen molar-refractivity contribution < 1.29 is 14.7 Å². The number of benzene rings is 1. The van der Waals surface area contributed by atoms with Crippen molar-refractivity contribution in [3.63, 3.8) is 0 Å². The number of hydrogen-bond acceptors (Lipinski definition) is 4. The molecule has 0 spiro atoms. The van der Waals surface area contributed by atoms with Gasteiger partial charge >= 0.3 is 0 Å². The number of piperidine rings is 1. The zero-order valence-electron chi connectivity index (χ0n) is 20.9. The lowest BCUT2D eigenvalue weighted by Gasteiger charge is -2.58. The van der Waals surface area contributed by atoms with E-state index in [2.05, 4.69) is 10.2 Å². The van der Waals surface area contributed by atoms with Crippen molar-refractivity contribution in [1.82, 2.24) is 15.1 Å². The van der Waals surface area contributed by atoms with Crippen molar-refractivity contribution in [3.05, 3.63) is 35.9 Å². The Morgan fingerprint density at radius 3 is 2.11 bits per heavy atom. The van der Waals surface area contributed by atoms with Crippen LogP contribution in [-0.2, 0) is 4.79 Å². The number of hydrogen-bond donors (Lipinski definition) is 2. The lowest BCUT2D eigenvalue weighted by Crippen LogP contribution is -2.55. The van der Waals surface area contributed by atoms with Gasteiger partial charge in [0.2, 0.25) is 5.91 Å². The SMILES string of the molecule is O=C(NC1CC2CCC(C1)N2CCN(CC12CC3CC(CC(C3)C1)C2)C(=O)CO)c1ccccc1. The quantitative estimate of drug-likeness (QED) is 0.599. The molecule has 6 fully saturated rings.